The molecule has 0 aliphatic rings. The first kappa shape index (κ1) is 18.9. The summed E-state index contributed by atoms with van der Waals surface area (Å²) in [5, 5.41) is 4.90. The Kier molecular flexibility index (Phi) is 6.08. The number of carbonyl (C=O) groups excluding carboxylic acids is 1. The van der Waals surface area contributed by atoms with Crippen molar-refractivity contribution in [2.45, 2.75) is 6.42 Å². The summed E-state index contributed by atoms with van der Waals surface area (Å²) in [6.45, 7) is 1.01. The van der Waals surface area contributed by atoms with E-state index < -0.39 is 0 Å². The maximum absolute atomic E-state index is 13.3. The van der Waals surface area contributed by atoms with Crippen LogP contribution in [0.3, 0.4) is 0 Å². The lowest BCUT2D eigenvalue weighted by molar-refractivity contribution is 0.0781. The van der Waals surface area contributed by atoms with Crippen LogP contribution in [0.15, 0.2) is 60.8 Å². The molecule has 3 rings (SSSR count). The second kappa shape index (κ2) is 8.68. The molecule has 1 aromatic heterocycles. The van der Waals surface area contributed by atoms with Crippen LogP contribution in [0.1, 0.15) is 16.9 Å². The van der Waals surface area contributed by atoms with E-state index in [2.05, 4.69) is 5.10 Å². The van der Waals surface area contributed by atoms with Crippen LogP contribution in [0.25, 0.3) is 5.69 Å². The zero-order chi connectivity index (χ0) is 19.2. The third kappa shape index (κ3) is 5.08. The second-order valence-corrected chi connectivity index (χ2v) is 6.44. The highest BCUT2D eigenvalue weighted by Crippen LogP contribution is 2.15. The summed E-state index contributed by atoms with van der Waals surface area (Å²) < 4.78 is 20.4. The van der Waals surface area contributed by atoms with Crippen LogP contribution < -0.4 is 4.74 Å². The third-order valence-corrected chi connectivity index (χ3v) is 4.20. The SMILES string of the molecule is CN(CCCOc1ccc(Cl)cc1)C(=O)c1ccn(-c2cccc(F)c2)n1. The molecule has 0 aliphatic carbocycles. The molecule has 0 N–H and O–H groups in total. The first-order valence-electron chi connectivity index (χ1n) is 8.48. The zero-order valence-electron chi connectivity index (χ0n) is 14.8. The van der Waals surface area contributed by atoms with Gasteiger partial charge in [0.2, 0.25) is 0 Å². The fraction of sp³-hybridized carbons (Fsp3) is 0.200. The highest BCUT2D eigenvalue weighted by atomic mass is 35.5. The maximum Gasteiger partial charge on any atom is 0.274 e. The summed E-state index contributed by atoms with van der Waals surface area (Å²) >= 11 is 5.83. The van der Waals surface area contributed by atoms with Crippen molar-refractivity contribution < 1.29 is 13.9 Å². The Labute approximate surface area is 161 Å². The van der Waals surface area contributed by atoms with Crippen molar-refractivity contribution in [3.05, 3.63) is 77.3 Å². The molecule has 0 unspecified atom stereocenters. The van der Waals surface area contributed by atoms with E-state index in [-0.39, 0.29) is 11.7 Å². The molecule has 0 atom stereocenters. The lowest BCUT2D eigenvalue weighted by Gasteiger charge is -2.16. The van der Waals surface area contributed by atoms with Crippen molar-refractivity contribution in [1.29, 1.82) is 0 Å². The molecule has 0 aliphatic heterocycles. The molecule has 140 valence electrons. The Morgan fingerprint density at radius 2 is 2.00 bits per heavy atom. The van der Waals surface area contributed by atoms with Gasteiger partial charge < -0.3 is 9.64 Å². The van der Waals surface area contributed by atoms with E-state index >= 15 is 0 Å². The van der Waals surface area contributed by atoms with Gasteiger partial charge >= 0.3 is 0 Å². The molecular weight excluding hydrogens is 369 g/mol. The fourth-order valence-electron chi connectivity index (χ4n) is 2.52. The molecule has 1 amide bonds. The number of hydrogen-bond acceptors (Lipinski definition) is 3. The number of rotatable bonds is 7. The molecule has 0 spiro atoms. The van der Waals surface area contributed by atoms with Gasteiger partial charge in [0.1, 0.15) is 11.6 Å². The summed E-state index contributed by atoms with van der Waals surface area (Å²) in [5.41, 5.74) is 0.869. The summed E-state index contributed by atoms with van der Waals surface area (Å²) in [6, 6.07) is 14.8. The molecule has 0 saturated carbocycles. The van der Waals surface area contributed by atoms with Gasteiger partial charge in [0, 0.05) is 24.8 Å². The van der Waals surface area contributed by atoms with E-state index in [4.69, 9.17) is 16.3 Å². The number of amides is 1. The predicted molar refractivity (Wildman–Crippen MR) is 102 cm³/mol. The summed E-state index contributed by atoms with van der Waals surface area (Å²) in [4.78, 5) is 14.1. The van der Waals surface area contributed by atoms with Crippen molar-refractivity contribution in [2.75, 3.05) is 20.2 Å². The fourth-order valence-corrected chi connectivity index (χ4v) is 2.65. The number of ether oxygens (including phenoxy) is 1. The number of nitrogens with zero attached hydrogens (tertiary/aromatic N) is 3. The van der Waals surface area contributed by atoms with Crippen LogP contribution in [-0.2, 0) is 0 Å². The number of carbonyl (C=O) groups is 1. The van der Waals surface area contributed by atoms with Crippen LogP contribution in [-0.4, -0.2) is 40.8 Å². The highest BCUT2D eigenvalue weighted by molar-refractivity contribution is 6.30. The first-order valence-corrected chi connectivity index (χ1v) is 8.86. The lowest BCUT2D eigenvalue weighted by atomic mass is 10.3. The van der Waals surface area contributed by atoms with E-state index in [1.807, 2.05) is 0 Å². The first-order chi connectivity index (χ1) is 13.0. The average Bonchev–Trinajstić information content (AvgIpc) is 3.16. The van der Waals surface area contributed by atoms with E-state index in [0.717, 1.165) is 5.75 Å². The molecule has 0 bridgehead atoms. The van der Waals surface area contributed by atoms with Gasteiger partial charge in [0.05, 0.1) is 12.3 Å². The smallest absolute Gasteiger partial charge is 0.274 e. The predicted octanol–water partition coefficient (Wildman–Crippen LogP) is 4.21. The third-order valence-electron chi connectivity index (χ3n) is 3.95. The minimum atomic E-state index is -0.353. The van der Waals surface area contributed by atoms with Crippen molar-refractivity contribution >= 4 is 17.5 Å². The largest absolute Gasteiger partial charge is 0.494 e. The number of halogens is 2. The van der Waals surface area contributed by atoms with E-state index in [1.165, 1.54) is 16.8 Å². The monoisotopic (exact) mass is 387 g/mol. The Hall–Kier alpha value is -2.86. The normalized spacial score (nSPS) is 10.6. The molecule has 7 heteroatoms. The molecule has 5 nitrogen and oxygen atoms in total. The van der Waals surface area contributed by atoms with Gasteiger partial charge in [-0.3, -0.25) is 4.79 Å². The van der Waals surface area contributed by atoms with Crippen LogP contribution >= 0.6 is 11.6 Å². The van der Waals surface area contributed by atoms with Crippen molar-refractivity contribution in [2.24, 2.45) is 0 Å². The number of aromatic nitrogens is 2. The maximum atomic E-state index is 13.3. The van der Waals surface area contributed by atoms with Crippen LogP contribution in [0.5, 0.6) is 5.75 Å². The van der Waals surface area contributed by atoms with E-state index in [9.17, 15) is 9.18 Å². The Morgan fingerprint density at radius 1 is 1.22 bits per heavy atom. The molecule has 2 aromatic carbocycles. The van der Waals surface area contributed by atoms with Gasteiger partial charge in [-0.05, 0) is 55.0 Å². The lowest BCUT2D eigenvalue weighted by Crippen LogP contribution is -2.29. The number of benzene rings is 2. The Morgan fingerprint density at radius 3 is 2.74 bits per heavy atom. The standard InChI is InChI=1S/C20H19ClFN3O2/c1-24(11-3-13-27-18-8-6-15(21)7-9-18)20(26)19-10-12-25(23-19)17-5-2-4-16(22)14-17/h2,4-10,12,14H,3,11,13H2,1H3. The quantitative estimate of drug-likeness (QED) is 0.571. The van der Waals surface area contributed by atoms with Gasteiger partial charge in [0.15, 0.2) is 5.69 Å². The summed E-state index contributed by atoms with van der Waals surface area (Å²) in [6.07, 6.45) is 2.31. The average molecular weight is 388 g/mol. The van der Waals surface area contributed by atoms with Crippen molar-refractivity contribution in [3.8, 4) is 11.4 Å². The molecule has 1 heterocycles. The molecule has 0 fully saturated rings. The summed E-state index contributed by atoms with van der Waals surface area (Å²) in [7, 11) is 1.71. The van der Waals surface area contributed by atoms with Crippen molar-refractivity contribution in [1.82, 2.24) is 14.7 Å². The topological polar surface area (TPSA) is 47.4 Å². The molecule has 0 radical (unpaired) electrons. The number of hydrogen-bond donors (Lipinski definition) is 0. The molecule has 0 saturated heterocycles. The van der Waals surface area contributed by atoms with E-state index in [1.54, 1.807) is 60.6 Å². The molecule has 27 heavy (non-hydrogen) atoms. The molecule has 3 aromatic rings. The van der Waals surface area contributed by atoms with Crippen molar-refractivity contribution in [3.63, 3.8) is 0 Å². The van der Waals surface area contributed by atoms with Crippen LogP contribution in [0, 0.1) is 5.82 Å². The minimum Gasteiger partial charge on any atom is -0.494 e. The minimum absolute atomic E-state index is 0.198. The van der Waals surface area contributed by atoms with Gasteiger partial charge in [-0.2, -0.15) is 5.10 Å². The second-order valence-electron chi connectivity index (χ2n) is 6.01. The van der Waals surface area contributed by atoms with Gasteiger partial charge in [-0.25, -0.2) is 9.07 Å². The Bertz CT molecular complexity index is 912. The van der Waals surface area contributed by atoms with Gasteiger partial charge in [-0.1, -0.05) is 17.7 Å². The van der Waals surface area contributed by atoms with Gasteiger partial charge in [0.25, 0.3) is 5.91 Å². The summed E-state index contributed by atoms with van der Waals surface area (Å²) in [5.74, 6) is 0.188. The Balaban J connectivity index is 1.51. The van der Waals surface area contributed by atoms with E-state index in [0.29, 0.717) is 36.0 Å². The van der Waals surface area contributed by atoms with Crippen LogP contribution in [0.4, 0.5) is 4.39 Å². The highest BCUT2D eigenvalue weighted by Gasteiger charge is 2.15. The van der Waals surface area contributed by atoms with Gasteiger partial charge in [-0.15, -0.1) is 0 Å². The van der Waals surface area contributed by atoms with Crippen LogP contribution in [0.2, 0.25) is 5.02 Å². The zero-order valence-corrected chi connectivity index (χ0v) is 15.6. The molecular formula is C20H19ClFN3O2.